The smallest absolute Gasteiger partial charge is 0.462 e. The Morgan fingerprint density at radius 2 is 1.02 bits per heavy atom. The molecule has 0 aliphatic carbocycles. The number of carbonyl (C=O) groups excluding carboxylic acids is 2. The van der Waals surface area contributed by atoms with Crippen molar-refractivity contribution in [3.8, 4) is 0 Å². The van der Waals surface area contributed by atoms with E-state index in [1.54, 1.807) is 0 Å². The van der Waals surface area contributed by atoms with E-state index in [4.69, 9.17) is 19.1 Å². The van der Waals surface area contributed by atoms with E-state index in [9.17, 15) is 24.2 Å². The Morgan fingerprint density at radius 1 is 0.552 bits per heavy atom. The average Bonchev–Trinajstić information content (AvgIpc) is 3.21. The second-order valence-corrected chi connectivity index (χ2v) is 16.2. The molecule has 0 aliphatic heterocycles. The molecule has 0 amide bonds. The van der Waals surface area contributed by atoms with Gasteiger partial charge in [0, 0.05) is 12.8 Å². The molecule has 0 rings (SSSR count). The average molecular weight is 837 g/mol. The summed E-state index contributed by atoms with van der Waals surface area (Å²) in [5.41, 5.74) is 0. The van der Waals surface area contributed by atoms with E-state index in [1.807, 2.05) is 36.5 Å². The van der Waals surface area contributed by atoms with Gasteiger partial charge in [-0.3, -0.25) is 18.6 Å². The third kappa shape index (κ3) is 41.6. The van der Waals surface area contributed by atoms with Gasteiger partial charge >= 0.3 is 19.8 Å². The van der Waals surface area contributed by atoms with Crippen molar-refractivity contribution >= 4 is 19.8 Å². The van der Waals surface area contributed by atoms with Crippen LogP contribution < -0.4 is 0 Å². The van der Waals surface area contributed by atoms with Crippen molar-refractivity contribution in [1.29, 1.82) is 0 Å². The Kier molecular flexibility index (Phi) is 40.6. The van der Waals surface area contributed by atoms with E-state index in [0.29, 0.717) is 12.8 Å². The van der Waals surface area contributed by atoms with Crippen LogP contribution in [0.25, 0.3) is 0 Å². The predicted molar refractivity (Wildman–Crippen MR) is 237 cm³/mol. The minimum atomic E-state index is -4.63. The summed E-state index contributed by atoms with van der Waals surface area (Å²) in [5.74, 6) is -0.984. The highest BCUT2D eigenvalue weighted by Crippen LogP contribution is 2.43. The van der Waals surface area contributed by atoms with Gasteiger partial charge in [0.1, 0.15) is 12.7 Å². The molecule has 0 aromatic rings. The highest BCUT2D eigenvalue weighted by molar-refractivity contribution is 7.47. The normalized spacial score (nSPS) is 14.5. The molecule has 10 nitrogen and oxygen atoms in total. The molecule has 0 aromatic carbocycles. The monoisotopic (exact) mass is 837 g/mol. The molecule has 0 radical (unpaired) electrons. The van der Waals surface area contributed by atoms with Gasteiger partial charge < -0.3 is 24.6 Å². The lowest BCUT2D eigenvalue weighted by atomic mass is 10.1. The third-order valence-corrected chi connectivity index (χ3v) is 10.1. The van der Waals surface area contributed by atoms with Crippen LogP contribution in [0.5, 0.6) is 0 Å². The standard InChI is InChI=1S/C47H81O10P/c1-3-5-7-9-11-13-15-17-18-19-20-21-22-23-24-25-27-28-30-32-34-36-38-46(50)54-42-45(43-56-58(52,53)55-41-44(49)40-48)57-47(51)39-37-35-33-31-29-26-16-14-12-10-8-6-4-2/h6,8,10,12,14,16,19-20,22-23,26,29,44-45,48-49H,3-5,7,9,11,13,15,17-18,21,24-25,27-28,30-43H2,1-2H3,(H,52,53)/b8-6+,12-10+,16-14+,20-19+,23-22+,29-26+/t44-,45?/m1/s1. The lowest BCUT2D eigenvalue weighted by Crippen LogP contribution is -2.29. The summed E-state index contributed by atoms with van der Waals surface area (Å²) in [6.45, 7) is 2.17. The molecule has 0 spiro atoms. The van der Waals surface area contributed by atoms with Crippen molar-refractivity contribution < 1.29 is 47.8 Å². The number of aliphatic hydroxyl groups is 2. The van der Waals surface area contributed by atoms with Crippen molar-refractivity contribution in [2.75, 3.05) is 26.4 Å². The zero-order chi connectivity index (χ0) is 42.6. The van der Waals surface area contributed by atoms with Crippen LogP contribution in [0, 0.1) is 0 Å². The van der Waals surface area contributed by atoms with E-state index < -0.39 is 51.8 Å². The van der Waals surface area contributed by atoms with Gasteiger partial charge in [0.2, 0.25) is 0 Å². The highest BCUT2D eigenvalue weighted by atomic mass is 31.2. The highest BCUT2D eigenvalue weighted by Gasteiger charge is 2.27. The molecule has 11 heteroatoms. The van der Waals surface area contributed by atoms with Gasteiger partial charge in [-0.15, -0.1) is 0 Å². The van der Waals surface area contributed by atoms with Crippen molar-refractivity contribution in [3.05, 3.63) is 72.9 Å². The molecule has 2 unspecified atom stereocenters. The molecule has 0 saturated heterocycles. The first-order chi connectivity index (χ1) is 28.2. The molecule has 58 heavy (non-hydrogen) atoms. The minimum absolute atomic E-state index is 0.133. The van der Waals surface area contributed by atoms with E-state index in [-0.39, 0.29) is 19.4 Å². The molecule has 0 heterocycles. The van der Waals surface area contributed by atoms with Crippen molar-refractivity contribution in [2.24, 2.45) is 0 Å². The van der Waals surface area contributed by atoms with Gasteiger partial charge in [-0.05, 0) is 64.2 Å². The molecule has 0 aliphatic rings. The lowest BCUT2D eigenvalue weighted by molar-refractivity contribution is -0.161. The first-order valence-electron chi connectivity index (χ1n) is 22.4. The van der Waals surface area contributed by atoms with E-state index in [2.05, 4.69) is 54.8 Å². The fourth-order valence-corrected chi connectivity index (χ4v) is 6.53. The molecule has 0 aromatic heterocycles. The van der Waals surface area contributed by atoms with Gasteiger partial charge in [0.25, 0.3) is 0 Å². The van der Waals surface area contributed by atoms with Crippen molar-refractivity contribution in [2.45, 2.75) is 187 Å². The maximum absolute atomic E-state index is 12.6. The van der Waals surface area contributed by atoms with Crippen LogP contribution in [0.1, 0.15) is 174 Å². The van der Waals surface area contributed by atoms with Crippen LogP contribution in [0.15, 0.2) is 72.9 Å². The topological polar surface area (TPSA) is 149 Å². The largest absolute Gasteiger partial charge is 0.472 e. The van der Waals surface area contributed by atoms with Gasteiger partial charge in [-0.25, -0.2) is 4.57 Å². The summed E-state index contributed by atoms with van der Waals surface area (Å²) in [6, 6.07) is 0. The van der Waals surface area contributed by atoms with Gasteiger partial charge in [0.05, 0.1) is 19.8 Å². The zero-order valence-electron chi connectivity index (χ0n) is 36.2. The minimum Gasteiger partial charge on any atom is -0.462 e. The van der Waals surface area contributed by atoms with Gasteiger partial charge in [-0.1, -0.05) is 170 Å². The molecule has 334 valence electrons. The Hall–Kier alpha value is -2.59. The van der Waals surface area contributed by atoms with E-state index in [1.165, 1.54) is 77.0 Å². The Labute approximate surface area is 352 Å². The summed E-state index contributed by atoms with van der Waals surface area (Å²) in [4.78, 5) is 35.0. The summed E-state index contributed by atoms with van der Waals surface area (Å²) < 4.78 is 32.7. The Bertz CT molecular complexity index is 1190. The first-order valence-corrected chi connectivity index (χ1v) is 23.9. The Balaban J connectivity index is 4.28. The maximum Gasteiger partial charge on any atom is 0.472 e. The molecule has 0 bridgehead atoms. The predicted octanol–water partition coefficient (Wildman–Crippen LogP) is 12.1. The number of carbonyl (C=O) groups is 2. The van der Waals surface area contributed by atoms with Crippen LogP contribution in [-0.2, 0) is 32.7 Å². The Morgan fingerprint density at radius 3 is 1.59 bits per heavy atom. The van der Waals surface area contributed by atoms with Crippen LogP contribution in [0.3, 0.4) is 0 Å². The zero-order valence-corrected chi connectivity index (χ0v) is 37.1. The second-order valence-electron chi connectivity index (χ2n) is 14.8. The number of esters is 2. The molecular weight excluding hydrogens is 755 g/mol. The number of phosphoric ester groups is 1. The number of phosphoric acid groups is 1. The quantitative estimate of drug-likeness (QED) is 0.0179. The van der Waals surface area contributed by atoms with Crippen LogP contribution in [0.2, 0.25) is 0 Å². The fourth-order valence-electron chi connectivity index (χ4n) is 5.74. The maximum atomic E-state index is 12.6. The van der Waals surface area contributed by atoms with E-state index >= 15 is 0 Å². The SMILES string of the molecule is CC/C=C/C=C/C=C/C=C/CCCCCC(=O)OC(COC(=O)CCCCCCCCC/C=C/C/C=C/CCCCCCCCCC)COP(=O)(O)OC[C@H](O)CO. The summed E-state index contributed by atoms with van der Waals surface area (Å²) >= 11 is 0. The number of hydrogen-bond donors (Lipinski definition) is 3. The summed E-state index contributed by atoms with van der Waals surface area (Å²) in [7, 11) is -4.63. The molecule has 0 fully saturated rings. The van der Waals surface area contributed by atoms with Gasteiger partial charge in [-0.2, -0.15) is 0 Å². The summed E-state index contributed by atoms with van der Waals surface area (Å²) in [5, 5.41) is 18.3. The van der Waals surface area contributed by atoms with Crippen LogP contribution in [-0.4, -0.2) is 65.7 Å². The number of unbranched alkanes of at least 4 members (excludes halogenated alkanes) is 18. The molecule has 3 N–H and O–H groups in total. The van der Waals surface area contributed by atoms with Crippen LogP contribution in [0.4, 0.5) is 0 Å². The fraction of sp³-hybridized carbons (Fsp3) is 0.702. The first kappa shape index (κ1) is 55.4. The lowest BCUT2D eigenvalue weighted by Gasteiger charge is -2.20. The number of aliphatic hydroxyl groups excluding tert-OH is 2. The third-order valence-electron chi connectivity index (χ3n) is 9.19. The van der Waals surface area contributed by atoms with Gasteiger partial charge in [0.15, 0.2) is 6.10 Å². The van der Waals surface area contributed by atoms with E-state index in [0.717, 1.165) is 57.8 Å². The molecule has 3 atom stereocenters. The number of hydrogen-bond acceptors (Lipinski definition) is 9. The van der Waals surface area contributed by atoms with Crippen molar-refractivity contribution in [1.82, 2.24) is 0 Å². The number of rotatable bonds is 41. The summed E-state index contributed by atoms with van der Waals surface area (Å²) in [6.07, 6.45) is 48.8. The molecule has 0 saturated carbocycles. The number of ether oxygens (including phenoxy) is 2. The number of allylic oxidation sites excluding steroid dienone is 12. The van der Waals surface area contributed by atoms with Crippen molar-refractivity contribution in [3.63, 3.8) is 0 Å². The molecular formula is C47H81O10P. The van der Waals surface area contributed by atoms with Crippen LogP contribution >= 0.6 is 7.82 Å². The second kappa shape index (κ2) is 42.5.